The van der Waals surface area contributed by atoms with Crippen molar-refractivity contribution in [3.8, 4) is 0 Å². The van der Waals surface area contributed by atoms with Gasteiger partial charge < -0.3 is 0 Å². The monoisotopic (exact) mass is 211 g/mol. The zero-order chi connectivity index (χ0) is 11.6. The zero-order valence-electron chi connectivity index (χ0n) is 8.90. The van der Waals surface area contributed by atoms with E-state index in [1.165, 1.54) is 32.0 Å². The number of nitrogens with one attached hydrogen (secondary N) is 1. The lowest BCUT2D eigenvalue weighted by atomic mass is 10.2. The van der Waals surface area contributed by atoms with Gasteiger partial charge in [-0.25, -0.2) is 5.01 Å². The lowest BCUT2D eigenvalue weighted by Crippen LogP contribution is -2.55. The van der Waals surface area contributed by atoms with Crippen LogP contribution in [0, 0.1) is 0 Å². The molecule has 2 amide bonds. The Hall–Kier alpha value is -1.69. The molecule has 6 heteroatoms. The van der Waals surface area contributed by atoms with Gasteiger partial charge in [0.2, 0.25) is 11.8 Å². The Labute approximate surface area is 87.5 Å². The maximum Gasteiger partial charge on any atom is 0.239 e. The van der Waals surface area contributed by atoms with E-state index in [0.717, 1.165) is 5.01 Å². The molecule has 0 saturated heterocycles. The summed E-state index contributed by atoms with van der Waals surface area (Å²) in [5.74, 6) is -0.707. The Balaban J connectivity index is 2.94. The predicted molar refractivity (Wildman–Crippen MR) is 51.8 cm³/mol. The maximum absolute atomic E-state index is 11.2. The summed E-state index contributed by atoms with van der Waals surface area (Å²) >= 11 is 0. The van der Waals surface area contributed by atoms with Crippen LogP contribution in [0.4, 0.5) is 0 Å². The average molecular weight is 211 g/mol. The molecule has 0 aromatic rings. The molecule has 0 radical (unpaired) electrons. The number of Topliss-reactive ketones (excluding diaryl/α,β-unsaturated/α-hetero) is 1. The summed E-state index contributed by atoms with van der Waals surface area (Å²) in [5.41, 5.74) is 2.99. The van der Waals surface area contributed by atoms with E-state index >= 15 is 0 Å². The smallest absolute Gasteiger partial charge is 0.239 e. The summed E-state index contributed by atoms with van der Waals surface area (Å²) in [5, 5.41) is 2.32. The molecule has 1 rings (SSSR count). The molecule has 0 unspecified atom stereocenters. The third kappa shape index (κ3) is 2.63. The van der Waals surface area contributed by atoms with Gasteiger partial charge in [0.15, 0.2) is 5.78 Å². The lowest BCUT2D eigenvalue weighted by molar-refractivity contribution is -0.144. The molecular weight excluding hydrogens is 198 g/mol. The zero-order valence-corrected chi connectivity index (χ0v) is 8.90. The van der Waals surface area contributed by atoms with Gasteiger partial charge in [0.05, 0.1) is 6.54 Å². The fourth-order valence-electron chi connectivity index (χ4n) is 1.11. The number of carbonyl (C=O) groups excluding carboxylic acids is 3. The first kappa shape index (κ1) is 11.4. The minimum atomic E-state index is -0.292. The third-order valence-corrected chi connectivity index (χ3v) is 2.01. The van der Waals surface area contributed by atoms with E-state index < -0.39 is 0 Å². The second kappa shape index (κ2) is 4.22. The number of rotatable bonds is 1. The van der Waals surface area contributed by atoms with E-state index in [9.17, 15) is 14.4 Å². The first-order valence-corrected chi connectivity index (χ1v) is 4.47. The summed E-state index contributed by atoms with van der Waals surface area (Å²) in [6.07, 6.45) is 1.41. The van der Waals surface area contributed by atoms with Crippen LogP contribution in [0.2, 0.25) is 0 Å². The molecule has 0 bridgehead atoms. The van der Waals surface area contributed by atoms with Crippen molar-refractivity contribution in [2.24, 2.45) is 0 Å². The molecule has 15 heavy (non-hydrogen) atoms. The maximum atomic E-state index is 11.2. The minimum Gasteiger partial charge on any atom is -0.295 e. The second-order valence-corrected chi connectivity index (χ2v) is 3.30. The molecular formula is C9H13N3O3. The molecule has 0 fully saturated rings. The molecule has 1 aliphatic heterocycles. The number of nitrogens with zero attached hydrogens (tertiary/aromatic N) is 2. The van der Waals surface area contributed by atoms with E-state index in [1.807, 2.05) is 0 Å². The number of hydrogen-bond acceptors (Lipinski definition) is 4. The van der Waals surface area contributed by atoms with Crippen LogP contribution >= 0.6 is 0 Å². The molecule has 0 aliphatic carbocycles. The van der Waals surface area contributed by atoms with Crippen molar-refractivity contribution in [3.63, 3.8) is 0 Å². The van der Waals surface area contributed by atoms with E-state index in [-0.39, 0.29) is 24.1 Å². The number of amides is 2. The van der Waals surface area contributed by atoms with Crippen LogP contribution in [0.15, 0.2) is 11.8 Å². The Morgan fingerprint density at radius 2 is 1.80 bits per heavy atom. The van der Waals surface area contributed by atoms with Gasteiger partial charge in [0, 0.05) is 25.6 Å². The van der Waals surface area contributed by atoms with E-state index in [4.69, 9.17) is 0 Å². The van der Waals surface area contributed by atoms with Crippen LogP contribution in [0.25, 0.3) is 0 Å². The van der Waals surface area contributed by atoms with Gasteiger partial charge >= 0.3 is 0 Å². The van der Waals surface area contributed by atoms with Crippen LogP contribution < -0.4 is 5.53 Å². The summed E-state index contributed by atoms with van der Waals surface area (Å²) in [4.78, 5) is 33.4. The third-order valence-electron chi connectivity index (χ3n) is 2.01. The first-order chi connectivity index (χ1) is 6.91. The summed E-state index contributed by atoms with van der Waals surface area (Å²) in [7, 11) is 0. The molecule has 1 aliphatic rings. The number of hydrogen-bond donors (Lipinski definition) is 1. The van der Waals surface area contributed by atoms with Crippen LogP contribution in [-0.4, -0.2) is 34.2 Å². The Morgan fingerprint density at radius 1 is 1.20 bits per heavy atom. The number of carbonyl (C=O) groups is 3. The molecule has 0 aromatic heterocycles. The average Bonchev–Trinajstić information content (AvgIpc) is 2.16. The molecule has 1 heterocycles. The SMILES string of the molecule is CC(=O)C1=CN(C(C)=O)NN(C(C)=O)C1. The number of hydrazine groups is 2. The quantitative estimate of drug-likeness (QED) is 0.640. The van der Waals surface area contributed by atoms with Gasteiger partial charge in [-0.15, -0.1) is 5.53 Å². The highest BCUT2D eigenvalue weighted by molar-refractivity contribution is 5.95. The van der Waals surface area contributed by atoms with E-state index in [2.05, 4.69) is 5.53 Å². The van der Waals surface area contributed by atoms with Crippen molar-refractivity contribution >= 4 is 17.6 Å². The largest absolute Gasteiger partial charge is 0.295 e. The highest BCUT2D eigenvalue weighted by Crippen LogP contribution is 2.08. The fraction of sp³-hybridized carbons (Fsp3) is 0.444. The highest BCUT2D eigenvalue weighted by Gasteiger charge is 2.23. The summed E-state index contributed by atoms with van der Waals surface area (Å²) in [6.45, 7) is 4.27. The van der Waals surface area contributed by atoms with Gasteiger partial charge in [-0.1, -0.05) is 0 Å². The molecule has 6 nitrogen and oxygen atoms in total. The number of ketones is 1. The van der Waals surface area contributed by atoms with Crippen LogP contribution in [0.1, 0.15) is 20.8 Å². The normalized spacial score (nSPS) is 16.1. The Bertz CT molecular complexity index is 349. The summed E-state index contributed by atoms with van der Waals surface area (Å²) in [6, 6.07) is 0. The predicted octanol–water partition coefficient (Wildman–Crippen LogP) is -0.411. The van der Waals surface area contributed by atoms with E-state index in [1.54, 1.807) is 0 Å². The minimum absolute atomic E-state index is 0.158. The van der Waals surface area contributed by atoms with E-state index in [0.29, 0.717) is 5.57 Å². The standard InChI is InChI=1S/C9H13N3O3/c1-6(13)9-4-11(7(2)14)10-12(5-9)8(3)15/h4,10H,5H2,1-3H3. The van der Waals surface area contributed by atoms with Gasteiger partial charge in [0.1, 0.15) is 0 Å². The molecule has 0 aromatic carbocycles. The topological polar surface area (TPSA) is 69.7 Å². The van der Waals surface area contributed by atoms with Crippen LogP contribution in [-0.2, 0) is 14.4 Å². The lowest BCUT2D eigenvalue weighted by Gasteiger charge is -2.33. The molecule has 0 atom stereocenters. The van der Waals surface area contributed by atoms with Crippen LogP contribution in [0.3, 0.4) is 0 Å². The first-order valence-electron chi connectivity index (χ1n) is 4.47. The van der Waals surface area contributed by atoms with Crippen molar-refractivity contribution in [1.82, 2.24) is 15.6 Å². The Morgan fingerprint density at radius 3 is 2.20 bits per heavy atom. The molecule has 82 valence electrons. The van der Waals surface area contributed by atoms with Crippen molar-refractivity contribution in [2.45, 2.75) is 20.8 Å². The van der Waals surface area contributed by atoms with Gasteiger partial charge in [-0.3, -0.25) is 19.4 Å². The molecule has 1 N–H and O–H groups in total. The van der Waals surface area contributed by atoms with Crippen molar-refractivity contribution in [2.75, 3.05) is 6.54 Å². The highest BCUT2D eigenvalue weighted by atomic mass is 16.2. The van der Waals surface area contributed by atoms with Gasteiger partial charge in [-0.2, -0.15) is 0 Å². The van der Waals surface area contributed by atoms with Crippen molar-refractivity contribution in [1.29, 1.82) is 0 Å². The molecule has 0 spiro atoms. The van der Waals surface area contributed by atoms with Crippen LogP contribution in [0.5, 0.6) is 0 Å². The van der Waals surface area contributed by atoms with Gasteiger partial charge in [-0.05, 0) is 6.92 Å². The second-order valence-electron chi connectivity index (χ2n) is 3.30. The van der Waals surface area contributed by atoms with Crippen molar-refractivity contribution in [3.05, 3.63) is 11.8 Å². The fourth-order valence-corrected chi connectivity index (χ4v) is 1.11. The van der Waals surface area contributed by atoms with Crippen molar-refractivity contribution < 1.29 is 14.4 Å². The summed E-state index contributed by atoms with van der Waals surface area (Å²) < 4.78 is 0. The van der Waals surface area contributed by atoms with Gasteiger partial charge in [0.25, 0.3) is 0 Å². The molecule has 0 saturated carbocycles. The Kier molecular flexibility index (Phi) is 3.21.